The lowest BCUT2D eigenvalue weighted by molar-refractivity contribution is -0.123. The average molecular weight is 332 g/mol. The van der Waals surface area contributed by atoms with Crippen LogP contribution < -0.4 is 16.0 Å². The first-order chi connectivity index (χ1) is 10.1. The third kappa shape index (κ3) is 5.43. The van der Waals surface area contributed by atoms with Crippen LogP contribution in [0.2, 0.25) is 0 Å². The molecule has 1 aliphatic heterocycles. The fraction of sp³-hybridized carbons (Fsp3) is 0.875. The minimum absolute atomic E-state index is 0. The van der Waals surface area contributed by atoms with Gasteiger partial charge in [-0.2, -0.15) is 0 Å². The first kappa shape index (κ1) is 19.2. The molecule has 2 aliphatic rings. The van der Waals surface area contributed by atoms with E-state index in [1.54, 1.807) is 0 Å². The van der Waals surface area contributed by atoms with Crippen molar-refractivity contribution in [3.05, 3.63) is 0 Å². The maximum absolute atomic E-state index is 12.1. The number of hydrogen-bond acceptors (Lipinski definition) is 3. The van der Waals surface area contributed by atoms with Crippen LogP contribution in [-0.4, -0.2) is 36.5 Å². The van der Waals surface area contributed by atoms with Crippen molar-refractivity contribution in [2.45, 2.75) is 76.9 Å². The molecule has 0 aromatic carbocycles. The highest BCUT2D eigenvalue weighted by molar-refractivity contribution is 5.85. The maximum Gasteiger partial charge on any atom is 0.237 e. The summed E-state index contributed by atoms with van der Waals surface area (Å²) in [5.41, 5.74) is 0. The molecule has 1 heterocycles. The topological polar surface area (TPSA) is 70.2 Å². The van der Waals surface area contributed by atoms with E-state index in [9.17, 15) is 9.59 Å². The number of carbonyl (C=O) groups excluding carboxylic acids is 2. The lowest BCUT2D eigenvalue weighted by atomic mass is 9.85. The monoisotopic (exact) mass is 331 g/mol. The zero-order valence-corrected chi connectivity index (χ0v) is 14.5. The quantitative estimate of drug-likeness (QED) is 0.694. The Hall–Kier alpha value is -0.810. The lowest BCUT2D eigenvalue weighted by Gasteiger charge is -2.24. The summed E-state index contributed by atoms with van der Waals surface area (Å²) < 4.78 is 0. The molecular formula is C16H30ClN3O2. The van der Waals surface area contributed by atoms with Crippen LogP contribution in [0.4, 0.5) is 0 Å². The summed E-state index contributed by atoms with van der Waals surface area (Å²) in [6.07, 6.45) is 7.26. The molecule has 6 heteroatoms. The zero-order chi connectivity index (χ0) is 15.2. The van der Waals surface area contributed by atoms with Crippen molar-refractivity contribution in [3.63, 3.8) is 0 Å². The second kappa shape index (κ2) is 9.36. The van der Waals surface area contributed by atoms with Gasteiger partial charge in [0.2, 0.25) is 11.8 Å². The van der Waals surface area contributed by atoms with Gasteiger partial charge in [-0.25, -0.2) is 0 Å². The Morgan fingerprint density at radius 1 is 1.27 bits per heavy atom. The van der Waals surface area contributed by atoms with Gasteiger partial charge in [-0.1, -0.05) is 19.8 Å². The summed E-state index contributed by atoms with van der Waals surface area (Å²) in [5, 5.41) is 9.26. The molecule has 0 spiro atoms. The summed E-state index contributed by atoms with van der Waals surface area (Å²) >= 11 is 0. The van der Waals surface area contributed by atoms with Gasteiger partial charge in [-0.3, -0.25) is 9.59 Å². The Morgan fingerprint density at radius 3 is 2.68 bits per heavy atom. The maximum atomic E-state index is 12.1. The number of fused-ring (bicyclic) bond motifs is 1. The Morgan fingerprint density at radius 2 is 2.00 bits per heavy atom. The number of carbonyl (C=O) groups is 2. The predicted molar refractivity (Wildman–Crippen MR) is 90.1 cm³/mol. The summed E-state index contributed by atoms with van der Waals surface area (Å²) in [6, 6.07) is 0.673. The Bertz CT molecular complexity index is 364. The fourth-order valence-corrected chi connectivity index (χ4v) is 3.39. The third-order valence-corrected chi connectivity index (χ3v) is 4.85. The van der Waals surface area contributed by atoms with E-state index in [4.69, 9.17) is 0 Å². The molecule has 22 heavy (non-hydrogen) atoms. The average Bonchev–Trinajstić information content (AvgIpc) is 2.91. The highest BCUT2D eigenvalue weighted by Crippen LogP contribution is 2.33. The number of nitrogens with one attached hydrogen (secondary N) is 3. The number of rotatable bonds is 6. The van der Waals surface area contributed by atoms with Crippen molar-refractivity contribution in [1.29, 1.82) is 0 Å². The second-order valence-electron chi connectivity index (χ2n) is 6.52. The van der Waals surface area contributed by atoms with Gasteiger partial charge in [0.25, 0.3) is 0 Å². The van der Waals surface area contributed by atoms with Gasteiger partial charge < -0.3 is 16.0 Å². The van der Waals surface area contributed by atoms with E-state index in [2.05, 4.69) is 16.0 Å². The van der Waals surface area contributed by atoms with E-state index in [1.807, 2.05) is 13.8 Å². The molecule has 128 valence electrons. The van der Waals surface area contributed by atoms with Gasteiger partial charge in [0.05, 0.1) is 6.04 Å². The van der Waals surface area contributed by atoms with E-state index in [0.29, 0.717) is 24.9 Å². The molecule has 0 radical (unpaired) electrons. The third-order valence-electron chi connectivity index (χ3n) is 4.85. The van der Waals surface area contributed by atoms with Crippen LogP contribution in [0.1, 0.15) is 58.8 Å². The number of halogens is 1. The summed E-state index contributed by atoms with van der Waals surface area (Å²) in [7, 11) is 0. The lowest BCUT2D eigenvalue weighted by Crippen LogP contribution is -2.44. The molecular weight excluding hydrogens is 302 g/mol. The Kier molecular flexibility index (Phi) is 8.18. The molecule has 0 aromatic heterocycles. The molecule has 3 N–H and O–H groups in total. The summed E-state index contributed by atoms with van der Waals surface area (Å²) in [6.45, 7) is 4.45. The highest BCUT2D eigenvalue weighted by Gasteiger charge is 2.37. The van der Waals surface area contributed by atoms with Crippen molar-refractivity contribution in [2.75, 3.05) is 6.54 Å². The standard InChI is InChI=1S/C16H29N3O2.ClH/c1-3-11(2)18-15(20)8-9-17-16(21)14-10-12-6-4-5-7-13(12)19-14;/h11-14,19H,3-10H2,1-2H3,(H,17,21)(H,18,20);1H. The van der Waals surface area contributed by atoms with E-state index < -0.39 is 0 Å². The molecule has 2 rings (SSSR count). The van der Waals surface area contributed by atoms with Crippen LogP contribution in [0, 0.1) is 5.92 Å². The first-order valence-electron chi connectivity index (χ1n) is 8.43. The van der Waals surface area contributed by atoms with Crippen LogP contribution in [0.5, 0.6) is 0 Å². The van der Waals surface area contributed by atoms with Crippen LogP contribution in [0.15, 0.2) is 0 Å². The summed E-state index contributed by atoms with van der Waals surface area (Å²) in [5.74, 6) is 0.738. The van der Waals surface area contributed by atoms with Crippen molar-refractivity contribution >= 4 is 24.2 Å². The van der Waals surface area contributed by atoms with E-state index in [1.165, 1.54) is 25.7 Å². The van der Waals surface area contributed by atoms with Crippen molar-refractivity contribution in [2.24, 2.45) is 5.92 Å². The Balaban J connectivity index is 0.00000242. The molecule has 0 bridgehead atoms. The molecule has 1 saturated heterocycles. The van der Waals surface area contributed by atoms with Gasteiger partial charge in [0.15, 0.2) is 0 Å². The SMILES string of the molecule is CCC(C)NC(=O)CCNC(=O)C1CC2CCCCC2N1.Cl. The van der Waals surface area contributed by atoms with Crippen molar-refractivity contribution in [3.8, 4) is 0 Å². The molecule has 2 fully saturated rings. The second-order valence-corrected chi connectivity index (χ2v) is 6.52. The molecule has 5 nitrogen and oxygen atoms in total. The minimum Gasteiger partial charge on any atom is -0.354 e. The molecule has 4 unspecified atom stereocenters. The fourth-order valence-electron chi connectivity index (χ4n) is 3.39. The molecule has 2 amide bonds. The van der Waals surface area contributed by atoms with Crippen molar-refractivity contribution in [1.82, 2.24) is 16.0 Å². The van der Waals surface area contributed by atoms with E-state index in [-0.39, 0.29) is 36.3 Å². The smallest absolute Gasteiger partial charge is 0.237 e. The Labute approximate surface area is 139 Å². The molecule has 1 saturated carbocycles. The largest absolute Gasteiger partial charge is 0.354 e. The predicted octanol–water partition coefficient (Wildman–Crippen LogP) is 1.75. The number of hydrogen-bond donors (Lipinski definition) is 3. The molecule has 0 aromatic rings. The van der Waals surface area contributed by atoms with Crippen LogP contribution >= 0.6 is 12.4 Å². The van der Waals surface area contributed by atoms with Crippen molar-refractivity contribution < 1.29 is 9.59 Å². The van der Waals surface area contributed by atoms with Gasteiger partial charge in [-0.15, -0.1) is 12.4 Å². The molecule has 4 atom stereocenters. The van der Waals surface area contributed by atoms with Crippen LogP contribution in [-0.2, 0) is 9.59 Å². The van der Waals surface area contributed by atoms with Gasteiger partial charge in [-0.05, 0) is 38.5 Å². The first-order valence-corrected chi connectivity index (χ1v) is 8.43. The minimum atomic E-state index is -0.0595. The van der Waals surface area contributed by atoms with Gasteiger partial charge in [0.1, 0.15) is 0 Å². The van der Waals surface area contributed by atoms with Crippen LogP contribution in [0.3, 0.4) is 0 Å². The molecule has 1 aliphatic carbocycles. The highest BCUT2D eigenvalue weighted by atomic mass is 35.5. The van der Waals surface area contributed by atoms with E-state index in [0.717, 1.165) is 12.8 Å². The van der Waals surface area contributed by atoms with E-state index >= 15 is 0 Å². The van der Waals surface area contributed by atoms with Gasteiger partial charge in [0, 0.05) is 25.0 Å². The van der Waals surface area contributed by atoms with Gasteiger partial charge >= 0.3 is 0 Å². The summed E-state index contributed by atoms with van der Waals surface area (Å²) in [4.78, 5) is 23.8. The normalized spacial score (nSPS) is 28.2. The zero-order valence-electron chi connectivity index (χ0n) is 13.7. The van der Waals surface area contributed by atoms with Crippen LogP contribution in [0.25, 0.3) is 0 Å². The number of amides is 2.